The van der Waals surface area contributed by atoms with Gasteiger partial charge in [-0.15, -0.1) is 0 Å². The molecule has 154 valence electrons. The molecule has 5 aliphatic rings. The van der Waals surface area contributed by atoms with Gasteiger partial charge in [0.25, 0.3) is 0 Å². The Labute approximate surface area is 165 Å². The molecule has 0 saturated heterocycles. The van der Waals surface area contributed by atoms with Crippen molar-refractivity contribution in [3.05, 3.63) is 0 Å². The van der Waals surface area contributed by atoms with Crippen LogP contribution >= 0.6 is 0 Å². The summed E-state index contributed by atoms with van der Waals surface area (Å²) in [5.74, 6) is 4.25. The van der Waals surface area contributed by atoms with Gasteiger partial charge >= 0.3 is 0 Å². The number of hydrogen-bond donors (Lipinski definition) is 1. The molecule has 0 radical (unpaired) electrons. The van der Waals surface area contributed by atoms with E-state index >= 15 is 0 Å². The van der Waals surface area contributed by atoms with Crippen LogP contribution in [-0.2, 0) is 9.47 Å². The topological polar surface area (TPSA) is 38.7 Å². The minimum Gasteiger partial charge on any atom is -0.393 e. The zero-order valence-electron chi connectivity index (χ0n) is 17.5. The van der Waals surface area contributed by atoms with E-state index in [1.807, 2.05) is 0 Å². The average Bonchev–Trinajstić information content (AvgIpc) is 3.07. The van der Waals surface area contributed by atoms with E-state index in [-0.39, 0.29) is 6.10 Å². The van der Waals surface area contributed by atoms with E-state index in [1.165, 1.54) is 70.6 Å². The predicted octanol–water partition coefficient (Wildman–Crippen LogP) is 5.16. The molecule has 0 heterocycles. The molecular weight excluding hydrogens is 336 g/mol. The van der Waals surface area contributed by atoms with Crippen LogP contribution in [0.3, 0.4) is 0 Å². The highest BCUT2D eigenvalue weighted by atomic mass is 16.7. The average molecular weight is 377 g/mol. The summed E-state index contributed by atoms with van der Waals surface area (Å²) in [7, 11) is 1.73. The number of fused-ring (bicyclic) bond motifs is 4. The Morgan fingerprint density at radius 1 is 0.889 bits per heavy atom. The number of aliphatic hydroxyl groups is 1. The number of methoxy groups -OCH3 is 1. The summed E-state index contributed by atoms with van der Waals surface area (Å²) in [6.07, 6.45) is 16.4. The Morgan fingerprint density at radius 2 is 1.74 bits per heavy atom. The van der Waals surface area contributed by atoms with Gasteiger partial charge in [-0.05, 0) is 111 Å². The summed E-state index contributed by atoms with van der Waals surface area (Å²) in [4.78, 5) is 0. The van der Waals surface area contributed by atoms with Crippen molar-refractivity contribution in [3.8, 4) is 0 Å². The van der Waals surface area contributed by atoms with Gasteiger partial charge in [0.1, 0.15) is 6.79 Å². The molecule has 0 amide bonds. The molecule has 1 N–H and O–H groups in total. The summed E-state index contributed by atoms with van der Waals surface area (Å²) in [5.41, 5.74) is 1.05. The summed E-state index contributed by atoms with van der Waals surface area (Å²) in [6, 6.07) is 0. The first-order valence-electron chi connectivity index (χ1n) is 11.9. The molecule has 4 unspecified atom stereocenters. The molecule has 5 rings (SSSR count). The van der Waals surface area contributed by atoms with Gasteiger partial charge in [-0.3, -0.25) is 0 Å². The molecule has 9 atom stereocenters. The highest BCUT2D eigenvalue weighted by Crippen LogP contribution is 2.70. The normalized spacial score (nSPS) is 54.6. The maximum Gasteiger partial charge on any atom is 0.146 e. The molecule has 3 nitrogen and oxygen atoms in total. The lowest BCUT2D eigenvalue weighted by atomic mass is 9.43. The number of rotatable bonds is 3. The minimum absolute atomic E-state index is 0.000554. The Hall–Kier alpha value is -0.120. The maximum atomic E-state index is 10.7. The lowest BCUT2D eigenvalue weighted by Crippen LogP contribution is -2.56. The summed E-state index contributed by atoms with van der Waals surface area (Å²) < 4.78 is 11.1. The summed E-state index contributed by atoms with van der Waals surface area (Å²) in [5, 5.41) is 10.7. The fraction of sp³-hybridized carbons (Fsp3) is 1.00. The minimum atomic E-state index is 0.000554. The lowest BCUT2D eigenvalue weighted by molar-refractivity contribution is -0.163. The third kappa shape index (κ3) is 2.78. The van der Waals surface area contributed by atoms with Crippen molar-refractivity contribution < 1.29 is 14.6 Å². The van der Waals surface area contributed by atoms with Crippen LogP contribution in [0, 0.1) is 40.4 Å². The third-order valence-electron chi connectivity index (χ3n) is 10.4. The van der Waals surface area contributed by atoms with Crippen molar-refractivity contribution in [3.63, 3.8) is 0 Å². The van der Waals surface area contributed by atoms with Crippen molar-refractivity contribution in [2.24, 2.45) is 40.4 Å². The highest BCUT2D eigenvalue weighted by Gasteiger charge is 2.63. The molecular formula is C24H40O3. The second-order valence-corrected chi connectivity index (χ2v) is 11.0. The van der Waals surface area contributed by atoms with Crippen molar-refractivity contribution in [2.45, 2.75) is 96.2 Å². The molecule has 27 heavy (non-hydrogen) atoms. The maximum absolute atomic E-state index is 10.7. The summed E-state index contributed by atoms with van der Waals surface area (Å²) in [6.45, 7) is 3.09. The molecule has 1 spiro atoms. The van der Waals surface area contributed by atoms with Crippen molar-refractivity contribution in [1.82, 2.24) is 0 Å². The van der Waals surface area contributed by atoms with Crippen LogP contribution in [0.4, 0.5) is 0 Å². The van der Waals surface area contributed by atoms with Gasteiger partial charge in [0.05, 0.1) is 12.2 Å². The monoisotopic (exact) mass is 376 g/mol. The Balaban J connectivity index is 1.35. The largest absolute Gasteiger partial charge is 0.393 e. The van der Waals surface area contributed by atoms with E-state index in [2.05, 4.69) is 6.92 Å². The molecule has 0 aromatic rings. The molecule has 5 aliphatic carbocycles. The van der Waals surface area contributed by atoms with Gasteiger partial charge in [0.2, 0.25) is 0 Å². The summed E-state index contributed by atoms with van der Waals surface area (Å²) >= 11 is 0. The van der Waals surface area contributed by atoms with E-state index in [1.54, 1.807) is 7.11 Å². The second kappa shape index (κ2) is 6.99. The highest BCUT2D eigenvalue weighted by molar-refractivity contribution is 5.12. The smallest absolute Gasteiger partial charge is 0.146 e. The molecule has 0 aliphatic heterocycles. The fourth-order valence-corrected chi connectivity index (χ4v) is 9.30. The molecule has 0 aromatic heterocycles. The van der Waals surface area contributed by atoms with Gasteiger partial charge in [-0.2, -0.15) is 0 Å². The third-order valence-corrected chi connectivity index (χ3v) is 10.4. The van der Waals surface area contributed by atoms with Crippen molar-refractivity contribution >= 4 is 0 Å². The second-order valence-electron chi connectivity index (χ2n) is 11.0. The zero-order valence-corrected chi connectivity index (χ0v) is 17.5. The van der Waals surface area contributed by atoms with Crippen LogP contribution in [0.25, 0.3) is 0 Å². The van der Waals surface area contributed by atoms with Gasteiger partial charge in [-0.1, -0.05) is 13.3 Å². The van der Waals surface area contributed by atoms with Crippen LogP contribution in [0.15, 0.2) is 0 Å². The first-order chi connectivity index (χ1) is 13.1. The van der Waals surface area contributed by atoms with E-state index in [9.17, 15) is 5.11 Å². The Kier molecular flexibility index (Phi) is 4.89. The van der Waals surface area contributed by atoms with Gasteiger partial charge < -0.3 is 14.6 Å². The Bertz CT molecular complexity index is 550. The first-order valence-corrected chi connectivity index (χ1v) is 11.9. The van der Waals surface area contributed by atoms with Crippen molar-refractivity contribution in [2.75, 3.05) is 13.9 Å². The Morgan fingerprint density at radius 3 is 2.59 bits per heavy atom. The first kappa shape index (κ1) is 18.9. The number of aliphatic hydroxyl groups excluding tert-OH is 1. The number of ether oxygens (including phenoxy) is 2. The van der Waals surface area contributed by atoms with Gasteiger partial charge in [-0.25, -0.2) is 0 Å². The zero-order chi connectivity index (χ0) is 18.6. The molecule has 3 heteroatoms. The predicted molar refractivity (Wildman–Crippen MR) is 106 cm³/mol. The van der Waals surface area contributed by atoms with Crippen LogP contribution in [-0.4, -0.2) is 31.2 Å². The lowest BCUT2D eigenvalue weighted by Gasteiger charge is -2.62. The number of hydrogen-bond acceptors (Lipinski definition) is 3. The molecule has 5 fully saturated rings. The quantitative estimate of drug-likeness (QED) is 0.692. The van der Waals surface area contributed by atoms with Gasteiger partial charge in [0.15, 0.2) is 0 Å². The van der Waals surface area contributed by atoms with Crippen LogP contribution in [0.5, 0.6) is 0 Å². The van der Waals surface area contributed by atoms with E-state index in [0.717, 1.165) is 30.1 Å². The van der Waals surface area contributed by atoms with E-state index in [0.29, 0.717) is 29.6 Å². The molecule has 5 saturated carbocycles. The van der Waals surface area contributed by atoms with E-state index < -0.39 is 0 Å². The van der Waals surface area contributed by atoms with Crippen molar-refractivity contribution in [1.29, 1.82) is 0 Å². The van der Waals surface area contributed by atoms with Crippen LogP contribution < -0.4 is 0 Å². The fourth-order valence-electron chi connectivity index (χ4n) is 9.30. The van der Waals surface area contributed by atoms with Crippen LogP contribution in [0.1, 0.15) is 84.0 Å². The standard InChI is InChI=1S/C24H40O3/c1-23-12-9-17(27-15-26-2)14-16(23)5-6-18-19(23)10-13-24-11-3-4-22(25)21(24)8-7-20(18)24/h16-22,25H,3-15H2,1-2H3/t16-,17+,18?,19?,20?,21+,22?,23-,24-/m0/s1. The van der Waals surface area contributed by atoms with Gasteiger partial charge in [0, 0.05) is 7.11 Å². The van der Waals surface area contributed by atoms with E-state index in [4.69, 9.17) is 9.47 Å². The molecule has 0 bridgehead atoms. The molecule has 0 aromatic carbocycles. The SMILES string of the molecule is COCO[C@@H]1CC[C@]2(C)C3CC[C@]45CCCC(O)[C@H]4CCC5C3CC[C@H]2C1. The van der Waals surface area contributed by atoms with Crippen LogP contribution in [0.2, 0.25) is 0 Å².